The van der Waals surface area contributed by atoms with Crippen molar-refractivity contribution in [3.8, 4) is 6.07 Å². The highest BCUT2D eigenvalue weighted by Crippen LogP contribution is 2.27. The highest BCUT2D eigenvalue weighted by Gasteiger charge is 2.32. The van der Waals surface area contributed by atoms with Gasteiger partial charge in [0, 0.05) is 13.1 Å². The Morgan fingerprint density at radius 1 is 1.45 bits per heavy atom. The minimum absolute atomic E-state index is 0.0345. The number of hydrogen-bond donors (Lipinski definition) is 1. The van der Waals surface area contributed by atoms with Gasteiger partial charge in [-0.15, -0.1) is 0 Å². The van der Waals surface area contributed by atoms with Crippen LogP contribution in [0.25, 0.3) is 0 Å². The summed E-state index contributed by atoms with van der Waals surface area (Å²) < 4.78 is 37.0. The molecule has 1 unspecified atom stereocenters. The van der Waals surface area contributed by atoms with Crippen LogP contribution in [0.5, 0.6) is 0 Å². The maximum Gasteiger partial charge on any atom is 0.433 e. The zero-order chi connectivity index (χ0) is 16.9. The number of carbonyl (C=O) groups excluding carboxylic acids is 2. The highest BCUT2D eigenvalue weighted by molar-refractivity contribution is 6.39. The highest BCUT2D eigenvalue weighted by atomic mass is 19.4. The van der Waals surface area contributed by atoms with E-state index in [2.05, 4.69) is 10.3 Å². The van der Waals surface area contributed by atoms with Crippen LogP contribution < -0.4 is 5.32 Å². The van der Waals surface area contributed by atoms with E-state index in [0.29, 0.717) is 6.07 Å². The number of nitriles is 1. The first-order valence-corrected chi connectivity index (χ1v) is 6.15. The number of halogens is 3. The Labute approximate surface area is 124 Å². The number of hydrogen-bond acceptors (Lipinski definition) is 4. The van der Waals surface area contributed by atoms with Crippen LogP contribution in [0.1, 0.15) is 19.0 Å². The number of amides is 2. The largest absolute Gasteiger partial charge is 0.433 e. The average Bonchev–Trinajstić information content (AvgIpc) is 2.45. The Morgan fingerprint density at radius 2 is 2.09 bits per heavy atom. The molecule has 2 amide bonds. The summed E-state index contributed by atoms with van der Waals surface area (Å²) in [7, 11) is 1.36. The van der Waals surface area contributed by atoms with Gasteiger partial charge in [0.15, 0.2) is 0 Å². The van der Waals surface area contributed by atoms with Crippen LogP contribution in [-0.4, -0.2) is 34.8 Å². The number of pyridine rings is 1. The monoisotopic (exact) mass is 314 g/mol. The average molecular weight is 314 g/mol. The first-order valence-electron chi connectivity index (χ1n) is 6.15. The standard InChI is InChI=1S/C13H13F3N4O2/c1-8(5-6-17)20(2)12(22)11(21)19-9-3-4-10(18-7-9)13(14,15)16/h3-4,7-8H,5H2,1-2H3,(H,19,21). The van der Waals surface area contributed by atoms with Gasteiger partial charge in [0.2, 0.25) is 0 Å². The fourth-order valence-corrected chi connectivity index (χ4v) is 1.45. The van der Waals surface area contributed by atoms with E-state index in [1.807, 2.05) is 6.07 Å². The van der Waals surface area contributed by atoms with Crippen LogP contribution in [0.4, 0.5) is 18.9 Å². The Morgan fingerprint density at radius 3 is 2.55 bits per heavy atom. The summed E-state index contributed by atoms with van der Waals surface area (Å²) in [6.07, 6.45) is -3.71. The number of nitrogens with one attached hydrogen (secondary N) is 1. The molecule has 0 fully saturated rings. The van der Waals surface area contributed by atoms with Gasteiger partial charge in [0.1, 0.15) is 5.69 Å². The number of rotatable bonds is 3. The van der Waals surface area contributed by atoms with E-state index in [0.717, 1.165) is 17.2 Å². The minimum atomic E-state index is -4.58. The lowest BCUT2D eigenvalue weighted by Crippen LogP contribution is -2.42. The Balaban J connectivity index is 2.73. The molecule has 0 aromatic carbocycles. The van der Waals surface area contributed by atoms with Gasteiger partial charge in [-0.2, -0.15) is 18.4 Å². The molecule has 0 aliphatic rings. The second kappa shape index (κ2) is 6.89. The molecule has 1 aromatic rings. The number of carbonyl (C=O) groups is 2. The summed E-state index contributed by atoms with van der Waals surface area (Å²) in [6.45, 7) is 1.59. The molecular formula is C13H13F3N4O2. The predicted molar refractivity (Wildman–Crippen MR) is 70.3 cm³/mol. The third kappa shape index (κ3) is 4.44. The van der Waals surface area contributed by atoms with E-state index < -0.39 is 29.7 Å². The molecule has 0 saturated heterocycles. The maximum atomic E-state index is 12.3. The SMILES string of the molecule is CC(CC#N)N(C)C(=O)C(=O)Nc1ccc(C(F)(F)F)nc1. The predicted octanol–water partition coefficient (Wildman–Crippen LogP) is 1.80. The van der Waals surface area contributed by atoms with E-state index >= 15 is 0 Å². The van der Waals surface area contributed by atoms with Gasteiger partial charge in [-0.05, 0) is 19.1 Å². The summed E-state index contributed by atoms with van der Waals surface area (Å²) in [5.74, 6) is -1.92. The molecule has 0 aliphatic heterocycles. The van der Waals surface area contributed by atoms with Gasteiger partial charge in [0.05, 0.1) is 24.4 Å². The first kappa shape index (κ1) is 17.4. The molecular weight excluding hydrogens is 301 g/mol. The van der Waals surface area contributed by atoms with E-state index in [4.69, 9.17) is 5.26 Å². The quantitative estimate of drug-likeness (QED) is 0.862. The summed E-state index contributed by atoms with van der Waals surface area (Å²) >= 11 is 0. The molecule has 1 rings (SSSR count). The third-order valence-corrected chi connectivity index (χ3v) is 2.87. The van der Waals surface area contributed by atoms with E-state index in [-0.39, 0.29) is 12.1 Å². The molecule has 118 valence electrons. The van der Waals surface area contributed by atoms with E-state index in [9.17, 15) is 22.8 Å². The first-order chi connectivity index (χ1) is 10.2. The molecule has 0 spiro atoms. The smallest absolute Gasteiger partial charge is 0.334 e. The fraction of sp³-hybridized carbons (Fsp3) is 0.385. The topological polar surface area (TPSA) is 86.1 Å². The lowest BCUT2D eigenvalue weighted by Gasteiger charge is -2.22. The van der Waals surface area contributed by atoms with Crippen molar-refractivity contribution in [1.82, 2.24) is 9.88 Å². The van der Waals surface area contributed by atoms with Crippen LogP contribution >= 0.6 is 0 Å². The molecule has 1 N–H and O–H groups in total. The molecule has 1 heterocycles. The van der Waals surface area contributed by atoms with Gasteiger partial charge in [-0.1, -0.05) is 0 Å². The maximum absolute atomic E-state index is 12.3. The number of alkyl halides is 3. The van der Waals surface area contributed by atoms with Gasteiger partial charge < -0.3 is 10.2 Å². The lowest BCUT2D eigenvalue weighted by atomic mass is 10.2. The van der Waals surface area contributed by atoms with Crippen molar-refractivity contribution in [3.63, 3.8) is 0 Å². The summed E-state index contributed by atoms with van der Waals surface area (Å²) in [5.41, 5.74) is -1.13. The van der Waals surface area contributed by atoms with Gasteiger partial charge in [0.25, 0.3) is 0 Å². The molecule has 0 aliphatic carbocycles. The van der Waals surface area contributed by atoms with Crippen molar-refractivity contribution in [2.24, 2.45) is 0 Å². The van der Waals surface area contributed by atoms with Gasteiger partial charge in [-0.25, -0.2) is 4.98 Å². The Kier molecular flexibility index (Phi) is 5.45. The van der Waals surface area contributed by atoms with Crippen molar-refractivity contribution >= 4 is 17.5 Å². The summed E-state index contributed by atoms with van der Waals surface area (Å²) in [4.78, 5) is 27.7. The lowest BCUT2D eigenvalue weighted by molar-refractivity contribution is -0.143. The van der Waals surface area contributed by atoms with Gasteiger partial charge in [-0.3, -0.25) is 9.59 Å². The number of likely N-dealkylation sites (N-methyl/N-ethyl adjacent to an activating group) is 1. The summed E-state index contributed by atoms with van der Waals surface area (Å²) in [5, 5.41) is 10.7. The Hall–Kier alpha value is -2.63. The van der Waals surface area contributed by atoms with Crippen molar-refractivity contribution in [2.75, 3.05) is 12.4 Å². The van der Waals surface area contributed by atoms with Crippen LogP contribution in [-0.2, 0) is 15.8 Å². The van der Waals surface area contributed by atoms with Crippen LogP contribution in [0.3, 0.4) is 0 Å². The molecule has 0 bridgehead atoms. The van der Waals surface area contributed by atoms with Gasteiger partial charge >= 0.3 is 18.0 Å². The zero-order valence-corrected chi connectivity index (χ0v) is 11.8. The van der Waals surface area contributed by atoms with Crippen LogP contribution in [0.2, 0.25) is 0 Å². The number of aromatic nitrogens is 1. The van der Waals surface area contributed by atoms with Crippen LogP contribution in [0, 0.1) is 11.3 Å². The Bertz CT molecular complexity index is 593. The molecule has 1 atom stereocenters. The third-order valence-electron chi connectivity index (χ3n) is 2.87. The van der Waals surface area contributed by atoms with E-state index in [1.54, 1.807) is 6.92 Å². The second-order valence-corrected chi connectivity index (χ2v) is 4.51. The zero-order valence-electron chi connectivity index (χ0n) is 11.8. The second-order valence-electron chi connectivity index (χ2n) is 4.51. The van der Waals surface area contributed by atoms with Crippen molar-refractivity contribution < 1.29 is 22.8 Å². The van der Waals surface area contributed by atoms with Crippen molar-refractivity contribution in [2.45, 2.75) is 25.6 Å². The van der Waals surface area contributed by atoms with Crippen LogP contribution in [0.15, 0.2) is 18.3 Å². The fourth-order valence-electron chi connectivity index (χ4n) is 1.45. The van der Waals surface area contributed by atoms with Crippen molar-refractivity contribution in [3.05, 3.63) is 24.0 Å². The summed E-state index contributed by atoms with van der Waals surface area (Å²) in [6, 6.07) is 3.10. The molecule has 22 heavy (non-hydrogen) atoms. The normalized spacial score (nSPS) is 12.2. The molecule has 6 nitrogen and oxygen atoms in total. The van der Waals surface area contributed by atoms with Crippen molar-refractivity contribution in [1.29, 1.82) is 5.26 Å². The van der Waals surface area contributed by atoms with E-state index in [1.165, 1.54) is 7.05 Å². The molecule has 0 radical (unpaired) electrons. The number of nitrogens with zero attached hydrogens (tertiary/aromatic N) is 3. The molecule has 9 heteroatoms. The molecule has 1 aromatic heterocycles. The minimum Gasteiger partial charge on any atom is -0.334 e. The number of anilines is 1. The molecule has 0 saturated carbocycles.